The van der Waals surface area contributed by atoms with Crippen LogP contribution in [0.5, 0.6) is 11.5 Å². The van der Waals surface area contributed by atoms with Crippen LogP contribution in [0.25, 0.3) is 22.1 Å². The Balaban J connectivity index is 1.70. The van der Waals surface area contributed by atoms with E-state index >= 15 is 0 Å². The Morgan fingerprint density at radius 3 is 2.75 bits per heavy atom. The summed E-state index contributed by atoms with van der Waals surface area (Å²) >= 11 is 0. The molecule has 4 rings (SSSR count). The van der Waals surface area contributed by atoms with Gasteiger partial charge in [0.25, 0.3) is 0 Å². The average molecular weight is 381 g/mol. The number of ether oxygens (including phenoxy) is 2. The quantitative estimate of drug-likeness (QED) is 0.637. The maximum atomic E-state index is 12.2. The van der Waals surface area contributed by atoms with Crippen LogP contribution in [0, 0.1) is 0 Å². The number of hydrogen-bond acceptors (Lipinski definition) is 6. The van der Waals surface area contributed by atoms with E-state index in [0.29, 0.717) is 24.2 Å². The first-order valence-electron chi connectivity index (χ1n) is 9.41. The van der Waals surface area contributed by atoms with E-state index in [2.05, 4.69) is 5.32 Å². The van der Waals surface area contributed by atoms with Crippen molar-refractivity contribution >= 4 is 11.0 Å². The minimum Gasteiger partial charge on any atom is -0.507 e. The van der Waals surface area contributed by atoms with Crippen LogP contribution in [0.3, 0.4) is 0 Å². The predicted octanol–water partition coefficient (Wildman–Crippen LogP) is 3.44. The molecule has 28 heavy (non-hydrogen) atoms. The average Bonchev–Trinajstić information content (AvgIpc) is 3.23. The first kappa shape index (κ1) is 18.5. The van der Waals surface area contributed by atoms with Crippen LogP contribution < -0.4 is 15.7 Å². The van der Waals surface area contributed by atoms with Gasteiger partial charge in [-0.15, -0.1) is 0 Å². The summed E-state index contributed by atoms with van der Waals surface area (Å²) in [6.07, 6.45) is 2.30. The van der Waals surface area contributed by atoms with Crippen LogP contribution in [0.4, 0.5) is 0 Å². The van der Waals surface area contributed by atoms with Gasteiger partial charge in [-0.25, -0.2) is 4.79 Å². The number of rotatable bonds is 6. The second kappa shape index (κ2) is 8.04. The van der Waals surface area contributed by atoms with Crippen LogP contribution in [0.1, 0.15) is 18.4 Å². The fourth-order valence-corrected chi connectivity index (χ4v) is 3.62. The second-order valence-electron chi connectivity index (χ2n) is 6.91. The molecule has 0 unspecified atom stereocenters. The number of phenols is 1. The molecule has 1 saturated heterocycles. The zero-order chi connectivity index (χ0) is 19.5. The Morgan fingerprint density at radius 2 is 2.04 bits per heavy atom. The Bertz CT molecular complexity index is 1020. The molecule has 146 valence electrons. The lowest BCUT2D eigenvalue weighted by Gasteiger charge is -2.14. The van der Waals surface area contributed by atoms with Gasteiger partial charge in [0.15, 0.2) is 0 Å². The maximum Gasteiger partial charge on any atom is 0.336 e. The highest BCUT2D eigenvalue weighted by atomic mass is 16.5. The fourth-order valence-electron chi connectivity index (χ4n) is 3.62. The molecule has 1 aromatic heterocycles. The summed E-state index contributed by atoms with van der Waals surface area (Å²) in [6.45, 7) is 1.88. The minimum absolute atomic E-state index is 0.0994. The van der Waals surface area contributed by atoms with Gasteiger partial charge in [0.05, 0.1) is 18.8 Å². The van der Waals surface area contributed by atoms with Gasteiger partial charge in [0.2, 0.25) is 0 Å². The summed E-state index contributed by atoms with van der Waals surface area (Å²) in [6, 6.07) is 12.4. The van der Waals surface area contributed by atoms with E-state index in [-0.39, 0.29) is 11.9 Å². The molecule has 1 atom stereocenters. The molecule has 6 heteroatoms. The van der Waals surface area contributed by atoms with Crippen LogP contribution >= 0.6 is 0 Å². The number of fused-ring (bicyclic) bond motifs is 1. The summed E-state index contributed by atoms with van der Waals surface area (Å²) < 4.78 is 16.3. The van der Waals surface area contributed by atoms with Gasteiger partial charge in [-0.2, -0.15) is 0 Å². The van der Waals surface area contributed by atoms with E-state index in [1.54, 1.807) is 19.2 Å². The largest absolute Gasteiger partial charge is 0.507 e. The third-order valence-electron chi connectivity index (χ3n) is 5.09. The maximum absolute atomic E-state index is 12.2. The summed E-state index contributed by atoms with van der Waals surface area (Å²) in [5, 5.41) is 14.5. The van der Waals surface area contributed by atoms with E-state index in [0.717, 1.165) is 41.7 Å². The molecule has 1 aliphatic rings. The standard InChI is InChI=1S/C22H23NO5/c1-26-15-6-4-14(5-7-15)18-11-21(25)28-22-17(18)8-9-20(24)19(22)13-23-12-16-3-2-10-27-16/h4-9,11,16,23-24H,2-3,10,12-13H2,1H3/t16-/m1/s1. The highest BCUT2D eigenvalue weighted by Crippen LogP contribution is 2.33. The summed E-state index contributed by atoms with van der Waals surface area (Å²) in [4.78, 5) is 12.2. The fraction of sp³-hybridized carbons (Fsp3) is 0.318. The first-order chi connectivity index (χ1) is 13.7. The van der Waals surface area contributed by atoms with Gasteiger partial charge in [0, 0.05) is 31.1 Å². The van der Waals surface area contributed by atoms with Gasteiger partial charge in [-0.1, -0.05) is 12.1 Å². The first-order valence-corrected chi connectivity index (χ1v) is 9.41. The van der Waals surface area contributed by atoms with Crippen LogP contribution in [-0.2, 0) is 11.3 Å². The molecule has 2 aromatic carbocycles. The number of methoxy groups -OCH3 is 1. The van der Waals surface area contributed by atoms with Crippen molar-refractivity contribution < 1.29 is 19.0 Å². The van der Waals surface area contributed by atoms with Crippen molar-refractivity contribution in [3.63, 3.8) is 0 Å². The molecular formula is C22H23NO5. The zero-order valence-electron chi connectivity index (χ0n) is 15.7. The number of hydrogen-bond donors (Lipinski definition) is 2. The van der Waals surface area contributed by atoms with E-state index in [1.165, 1.54) is 6.07 Å². The van der Waals surface area contributed by atoms with Crippen molar-refractivity contribution in [1.29, 1.82) is 0 Å². The molecule has 0 radical (unpaired) electrons. The Labute approximate surface area is 162 Å². The van der Waals surface area contributed by atoms with Crippen molar-refractivity contribution in [1.82, 2.24) is 5.32 Å². The van der Waals surface area contributed by atoms with Crippen molar-refractivity contribution in [2.24, 2.45) is 0 Å². The molecule has 1 aliphatic heterocycles. The molecule has 0 amide bonds. The topological polar surface area (TPSA) is 80.9 Å². The van der Waals surface area contributed by atoms with E-state index in [9.17, 15) is 9.90 Å². The number of phenolic OH excluding ortho intramolecular Hbond substituents is 1. The van der Waals surface area contributed by atoms with Crippen LogP contribution in [0.2, 0.25) is 0 Å². The Kier molecular flexibility index (Phi) is 5.32. The lowest BCUT2D eigenvalue weighted by atomic mass is 9.99. The molecule has 0 aliphatic carbocycles. The lowest BCUT2D eigenvalue weighted by Crippen LogP contribution is -2.26. The molecule has 2 heterocycles. The molecule has 0 spiro atoms. The number of aromatic hydroxyl groups is 1. The molecule has 0 bridgehead atoms. The van der Waals surface area contributed by atoms with Gasteiger partial charge >= 0.3 is 5.63 Å². The third kappa shape index (κ3) is 3.74. The van der Waals surface area contributed by atoms with Gasteiger partial charge in [-0.05, 0) is 48.2 Å². The predicted molar refractivity (Wildman–Crippen MR) is 107 cm³/mol. The molecule has 2 N–H and O–H groups in total. The summed E-state index contributed by atoms with van der Waals surface area (Å²) in [5.41, 5.74) is 2.15. The van der Waals surface area contributed by atoms with Crippen molar-refractivity contribution in [3.8, 4) is 22.6 Å². The normalized spacial score (nSPS) is 16.5. The van der Waals surface area contributed by atoms with Crippen LogP contribution in [-0.4, -0.2) is 31.5 Å². The highest BCUT2D eigenvalue weighted by molar-refractivity contribution is 5.95. The van der Waals surface area contributed by atoms with Gasteiger partial charge < -0.3 is 24.3 Å². The van der Waals surface area contributed by atoms with Crippen LogP contribution in [0.15, 0.2) is 51.7 Å². The molecular weight excluding hydrogens is 358 g/mol. The lowest BCUT2D eigenvalue weighted by molar-refractivity contribution is 0.110. The number of benzene rings is 2. The third-order valence-corrected chi connectivity index (χ3v) is 5.09. The van der Waals surface area contributed by atoms with Crippen molar-refractivity contribution in [2.45, 2.75) is 25.5 Å². The minimum atomic E-state index is -0.454. The van der Waals surface area contributed by atoms with Crippen molar-refractivity contribution in [3.05, 3.63) is 58.4 Å². The Morgan fingerprint density at radius 1 is 1.21 bits per heavy atom. The molecule has 3 aromatic rings. The van der Waals surface area contributed by atoms with Gasteiger partial charge in [-0.3, -0.25) is 0 Å². The van der Waals surface area contributed by atoms with Crippen molar-refractivity contribution in [2.75, 3.05) is 20.3 Å². The molecule has 6 nitrogen and oxygen atoms in total. The molecule has 1 fully saturated rings. The second-order valence-corrected chi connectivity index (χ2v) is 6.91. The van der Waals surface area contributed by atoms with E-state index < -0.39 is 5.63 Å². The number of nitrogens with one attached hydrogen (secondary N) is 1. The SMILES string of the molecule is COc1ccc(-c2cc(=O)oc3c(CNC[C@H]4CCCO4)c(O)ccc23)cc1. The summed E-state index contributed by atoms with van der Waals surface area (Å²) in [7, 11) is 1.61. The Hall–Kier alpha value is -2.83. The monoisotopic (exact) mass is 381 g/mol. The molecule has 0 saturated carbocycles. The highest BCUT2D eigenvalue weighted by Gasteiger charge is 2.17. The van der Waals surface area contributed by atoms with E-state index in [4.69, 9.17) is 13.9 Å². The smallest absolute Gasteiger partial charge is 0.336 e. The zero-order valence-corrected chi connectivity index (χ0v) is 15.7. The summed E-state index contributed by atoms with van der Waals surface area (Å²) in [5.74, 6) is 0.843. The van der Waals surface area contributed by atoms with Gasteiger partial charge in [0.1, 0.15) is 17.1 Å². The van der Waals surface area contributed by atoms with E-state index in [1.807, 2.05) is 24.3 Å².